The van der Waals surface area contributed by atoms with Crippen molar-refractivity contribution in [2.45, 2.75) is 12.6 Å². The number of hydrogen-bond acceptors (Lipinski definition) is 5. The molecule has 4 rings (SSSR count). The quantitative estimate of drug-likeness (QED) is 0.701. The molecule has 0 atom stereocenters. The van der Waals surface area contributed by atoms with Gasteiger partial charge >= 0.3 is 6.18 Å². The molecule has 1 aromatic carbocycles. The summed E-state index contributed by atoms with van der Waals surface area (Å²) in [5.74, 6) is -2.00. The predicted molar refractivity (Wildman–Crippen MR) is 100 cm³/mol. The average Bonchev–Trinajstić information content (AvgIpc) is 3.39. The van der Waals surface area contributed by atoms with Crippen LogP contribution in [0.5, 0.6) is 0 Å². The average molecular weight is 401 g/mol. The number of benzene rings is 1. The maximum Gasteiger partial charge on any atom is 0.452 e. The molecule has 6 nitrogen and oxygen atoms in total. The van der Waals surface area contributed by atoms with Gasteiger partial charge in [-0.15, -0.1) is 0 Å². The predicted octanol–water partition coefficient (Wildman–Crippen LogP) is 4.42. The topological polar surface area (TPSA) is 71.3 Å². The highest BCUT2D eigenvalue weighted by Gasteiger charge is 2.42. The Labute approximate surface area is 164 Å². The second-order valence-corrected chi connectivity index (χ2v) is 6.44. The summed E-state index contributed by atoms with van der Waals surface area (Å²) in [5, 5.41) is 2.40. The van der Waals surface area contributed by atoms with Crippen molar-refractivity contribution in [3.63, 3.8) is 0 Å². The van der Waals surface area contributed by atoms with Gasteiger partial charge in [0.2, 0.25) is 11.7 Å². The van der Waals surface area contributed by atoms with Crippen molar-refractivity contribution in [3.05, 3.63) is 66.5 Å². The highest BCUT2D eigenvalue weighted by atomic mass is 19.4. The number of carbonyl (C=O) groups is 1. The molecule has 0 saturated carbocycles. The van der Waals surface area contributed by atoms with Gasteiger partial charge in [0.1, 0.15) is 5.82 Å². The smallest absolute Gasteiger partial charge is 0.431 e. The lowest BCUT2D eigenvalue weighted by Gasteiger charge is -2.16. The number of nitrogens with one attached hydrogen (secondary N) is 1. The van der Waals surface area contributed by atoms with Crippen LogP contribution in [0.15, 0.2) is 53.1 Å². The third kappa shape index (κ3) is 4.08. The van der Waals surface area contributed by atoms with Crippen LogP contribution in [0.1, 0.15) is 22.7 Å². The van der Waals surface area contributed by atoms with Crippen LogP contribution in [-0.4, -0.2) is 29.0 Å². The molecule has 0 unspecified atom stereocenters. The zero-order chi connectivity index (χ0) is 20.4. The van der Waals surface area contributed by atoms with Crippen molar-refractivity contribution in [1.29, 1.82) is 0 Å². The first-order valence-corrected chi connectivity index (χ1v) is 8.89. The van der Waals surface area contributed by atoms with E-state index in [-0.39, 0.29) is 11.6 Å². The Morgan fingerprint density at radius 2 is 1.93 bits per heavy atom. The van der Waals surface area contributed by atoms with Crippen molar-refractivity contribution in [3.8, 4) is 11.5 Å². The number of alkyl halides is 3. The third-order valence-corrected chi connectivity index (χ3v) is 4.40. The zero-order valence-electron chi connectivity index (χ0n) is 15.1. The number of oxazole rings is 1. The molecule has 2 aromatic heterocycles. The lowest BCUT2D eigenvalue weighted by Crippen LogP contribution is -2.20. The van der Waals surface area contributed by atoms with Crippen LogP contribution in [0.2, 0.25) is 0 Å². The van der Waals surface area contributed by atoms with Crippen LogP contribution in [0.25, 0.3) is 11.5 Å². The van der Waals surface area contributed by atoms with Gasteiger partial charge in [-0.2, -0.15) is 13.2 Å². The lowest BCUT2D eigenvalue weighted by atomic mass is 10.2. The van der Waals surface area contributed by atoms with Crippen LogP contribution in [0.3, 0.4) is 0 Å². The first-order valence-electron chi connectivity index (χ1n) is 8.89. The summed E-state index contributed by atoms with van der Waals surface area (Å²) in [6.45, 7) is 1.64. The van der Waals surface area contributed by atoms with Crippen molar-refractivity contribution < 1.29 is 22.4 Å². The van der Waals surface area contributed by atoms with E-state index in [1.165, 1.54) is 6.20 Å². The summed E-state index contributed by atoms with van der Waals surface area (Å²) in [4.78, 5) is 22.6. The van der Waals surface area contributed by atoms with Crippen molar-refractivity contribution >= 4 is 17.4 Å². The lowest BCUT2D eigenvalue weighted by molar-refractivity contribution is -0.153. The van der Waals surface area contributed by atoms with Gasteiger partial charge in [-0.05, 0) is 37.1 Å². The minimum Gasteiger partial charge on any atom is -0.431 e. The van der Waals surface area contributed by atoms with Gasteiger partial charge in [-0.1, -0.05) is 18.2 Å². The Hall–Kier alpha value is -3.36. The summed E-state index contributed by atoms with van der Waals surface area (Å²) in [6, 6.07) is 11.4. The van der Waals surface area contributed by atoms with E-state index >= 15 is 0 Å². The van der Waals surface area contributed by atoms with E-state index in [4.69, 9.17) is 4.42 Å². The summed E-state index contributed by atoms with van der Waals surface area (Å²) in [5.41, 5.74) is -0.223. The number of hydrogen-bond donors (Lipinski definition) is 1. The molecule has 3 aromatic rings. The Bertz CT molecular complexity index is 995. The summed E-state index contributed by atoms with van der Waals surface area (Å²) in [6.07, 6.45) is -0.362. The molecule has 1 amide bonds. The molecule has 0 spiro atoms. The number of halogens is 3. The Balaban J connectivity index is 1.58. The van der Waals surface area contributed by atoms with E-state index in [1.807, 2.05) is 0 Å². The molecule has 1 saturated heterocycles. The number of carbonyl (C=O) groups excluding carboxylic acids is 1. The van der Waals surface area contributed by atoms with Gasteiger partial charge < -0.3 is 14.6 Å². The van der Waals surface area contributed by atoms with Gasteiger partial charge in [-0.3, -0.25) is 4.79 Å². The van der Waals surface area contributed by atoms with Crippen LogP contribution < -0.4 is 10.2 Å². The first-order chi connectivity index (χ1) is 13.9. The molecule has 149 valence electrons. The summed E-state index contributed by atoms with van der Waals surface area (Å²) in [7, 11) is 0. The number of anilines is 2. The van der Waals surface area contributed by atoms with Crippen LogP contribution in [-0.2, 0) is 6.18 Å². The molecular weight excluding hydrogens is 385 g/mol. The maximum atomic E-state index is 13.4. The van der Waals surface area contributed by atoms with E-state index < -0.39 is 23.5 Å². The van der Waals surface area contributed by atoms with E-state index in [0.717, 1.165) is 25.3 Å². The van der Waals surface area contributed by atoms with E-state index in [0.29, 0.717) is 5.56 Å². The van der Waals surface area contributed by atoms with E-state index in [9.17, 15) is 18.0 Å². The van der Waals surface area contributed by atoms with Gasteiger partial charge in [-0.25, -0.2) is 9.97 Å². The van der Waals surface area contributed by atoms with Crippen LogP contribution in [0, 0.1) is 6.42 Å². The van der Waals surface area contributed by atoms with Crippen molar-refractivity contribution in [1.82, 2.24) is 9.97 Å². The third-order valence-electron chi connectivity index (χ3n) is 4.40. The van der Waals surface area contributed by atoms with E-state index in [1.54, 1.807) is 42.5 Å². The summed E-state index contributed by atoms with van der Waals surface area (Å²) < 4.78 is 45.0. The number of rotatable bonds is 4. The summed E-state index contributed by atoms with van der Waals surface area (Å²) >= 11 is 0. The number of amides is 1. The molecule has 1 aliphatic heterocycles. The number of pyridine rings is 1. The normalized spacial score (nSPS) is 14.2. The van der Waals surface area contributed by atoms with Crippen molar-refractivity contribution in [2.24, 2.45) is 0 Å². The van der Waals surface area contributed by atoms with E-state index in [2.05, 4.69) is 26.6 Å². The molecule has 3 heterocycles. The SMILES string of the molecule is O=C(Nc1ccc(N2C[CH]CC2)nc1)c1nc(-c2ccccc2)oc1C(F)(F)F. The highest BCUT2D eigenvalue weighted by Crippen LogP contribution is 2.35. The Morgan fingerprint density at radius 3 is 2.55 bits per heavy atom. The molecule has 0 aliphatic carbocycles. The van der Waals surface area contributed by atoms with Gasteiger partial charge in [0.15, 0.2) is 5.69 Å². The van der Waals surface area contributed by atoms with Gasteiger partial charge in [0.05, 0.1) is 11.9 Å². The molecule has 9 heteroatoms. The Kier molecular flexibility index (Phi) is 4.96. The standard InChI is InChI=1S/C20H16F3N4O2/c21-20(22,23)17-16(26-19(29-17)13-6-2-1-3-7-13)18(28)25-14-8-9-15(24-12-14)27-10-4-5-11-27/h1-4,6-9,12H,5,10-11H2,(H,25,28). The molecule has 29 heavy (non-hydrogen) atoms. The molecule has 1 fully saturated rings. The van der Waals surface area contributed by atoms with Gasteiger partial charge in [0.25, 0.3) is 5.91 Å². The zero-order valence-corrected chi connectivity index (χ0v) is 15.1. The maximum absolute atomic E-state index is 13.4. The fraction of sp³-hybridized carbons (Fsp3) is 0.200. The Morgan fingerprint density at radius 1 is 1.14 bits per heavy atom. The molecule has 1 N–H and O–H groups in total. The first kappa shape index (κ1) is 19.0. The minimum absolute atomic E-state index is 0.263. The highest BCUT2D eigenvalue weighted by molar-refractivity contribution is 6.04. The molecule has 1 aliphatic rings. The van der Waals surface area contributed by atoms with Gasteiger partial charge in [0, 0.05) is 18.7 Å². The van der Waals surface area contributed by atoms with Crippen LogP contribution in [0.4, 0.5) is 24.7 Å². The fourth-order valence-corrected chi connectivity index (χ4v) is 3.00. The minimum atomic E-state index is -4.86. The number of aromatic nitrogens is 2. The molecule has 1 radical (unpaired) electrons. The second kappa shape index (κ2) is 7.57. The fourth-order valence-electron chi connectivity index (χ4n) is 3.00. The second-order valence-electron chi connectivity index (χ2n) is 6.44. The number of nitrogens with zero attached hydrogens (tertiary/aromatic N) is 3. The largest absolute Gasteiger partial charge is 0.452 e. The van der Waals surface area contributed by atoms with Crippen molar-refractivity contribution in [2.75, 3.05) is 23.3 Å². The molecule has 0 bridgehead atoms. The van der Waals surface area contributed by atoms with Crippen LogP contribution >= 0.6 is 0 Å². The molecular formula is C20H16F3N4O2. The monoisotopic (exact) mass is 401 g/mol.